The molecule has 5 rings (SSSR count). The summed E-state index contributed by atoms with van der Waals surface area (Å²) in [5.41, 5.74) is 0. The molecular formula is C23H23N5OS2. The SMILES string of the molecule is C1=C(Oc2ccccc2)CN(c2nc(C3CCNCC3)ns2)C=C1Sc1ccccn1. The molecule has 0 amide bonds. The van der Waals surface area contributed by atoms with Gasteiger partial charge in [0, 0.05) is 34.8 Å². The maximum atomic E-state index is 6.19. The molecule has 158 valence electrons. The molecule has 1 N–H and O–H groups in total. The Balaban J connectivity index is 1.39. The van der Waals surface area contributed by atoms with Crippen LogP contribution in [0.5, 0.6) is 5.75 Å². The Kier molecular flexibility index (Phi) is 6.29. The highest BCUT2D eigenvalue weighted by Crippen LogP contribution is 2.34. The summed E-state index contributed by atoms with van der Waals surface area (Å²) in [6, 6.07) is 15.8. The van der Waals surface area contributed by atoms with Crippen molar-refractivity contribution in [2.75, 3.05) is 24.5 Å². The molecule has 8 heteroatoms. The van der Waals surface area contributed by atoms with Gasteiger partial charge >= 0.3 is 0 Å². The molecule has 0 atom stereocenters. The number of allylic oxidation sites excluding steroid dienone is 1. The number of hydrogen-bond acceptors (Lipinski definition) is 8. The lowest BCUT2D eigenvalue weighted by molar-refractivity contribution is 0.414. The first-order chi connectivity index (χ1) is 15.3. The molecule has 2 aromatic heterocycles. The molecular weight excluding hydrogens is 426 g/mol. The van der Waals surface area contributed by atoms with Crippen molar-refractivity contribution in [3.05, 3.63) is 83.5 Å². The van der Waals surface area contributed by atoms with Crippen LogP contribution in [0.15, 0.2) is 82.7 Å². The summed E-state index contributed by atoms with van der Waals surface area (Å²) in [4.78, 5) is 12.5. The first-order valence-corrected chi connectivity index (χ1v) is 12.0. The Morgan fingerprint density at radius 3 is 2.71 bits per heavy atom. The van der Waals surface area contributed by atoms with Gasteiger partial charge in [0.15, 0.2) is 0 Å². The van der Waals surface area contributed by atoms with Gasteiger partial charge in [-0.3, -0.25) is 0 Å². The van der Waals surface area contributed by atoms with E-state index in [9.17, 15) is 0 Å². The minimum atomic E-state index is 0.443. The molecule has 3 aromatic rings. The predicted octanol–water partition coefficient (Wildman–Crippen LogP) is 4.82. The van der Waals surface area contributed by atoms with Crippen molar-refractivity contribution in [1.82, 2.24) is 19.7 Å². The van der Waals surface area contributed by atoms with Gasteiger partial charge in [0.1, 0.15) is 22.4 Å². The fraction of sp³-hybridized carbons (Fsp3) is 0.261. The van der Waals surface area contributed by atoms with Crippen molar-refractivity contribution in [2.45, 2.75) is 23.8 Å². The minimum Gasteiger partial charge on any atom is -0.460 e. The number of benzene rings is 1. The summed E-state index contributed by atoms with van der Waals surface area (Å²) in [6.07, 6.45) is 8.19. The minimum absolute atomic E-state index is 0.443. The van der Waals surface area contributed by atoms with Crippen LogP contribution in [0.4, 0.5) is 5.13 Å². The highest BCUT2D eigenvalue weighted by Gasteiger charge is 2.23. The lowest BCUT2D eigenvalue weighted by Gasteiger charge is -2.24. The zero-order chi connectivity index (χ0) is 20.9. The van der Waals surface area contributed by atoms with Crippen molar-refractivity contribution < 1.29 is 4.74 Å². The molecule has 0 radical (unpaired) electrons. The highest BCUT2D eigenvalue weighted by molar-refractivity contribution is 8.03. The molecule has 0 unspecified atom stereocenters. The average molecular weight is 450 g/mol. The molecule has 0 bridgehead atoms. The normalized spacial score (nSPS) is 17.2. The Labute approximate surface area is 190 Å². The molecule has 6 nitrogen and oxygen atoms in total. The van der Waals surface area contributed by atoms with Crippen molar-refractivity contribution in [2.24, 2.45) is 0 Å². The number of thioether (sulfide) groups is 1. The molecule has 1 fully saturated rings. The molecule has 2 aliphatic rings. The van der Waals surface area contributed by atoms with E-state index in [1.807, 2.05) is 54.7 Å². The van der Waals surface area contributed by atoms with E-state index >= 15 is 0 Å². The molecule has 0 spiro atoms. The van der Waals surface area contributed by atoms with E-state index in [0.29, 0.717) is 12.5 Å². The van der Waals surface area contributed by atoms with Gasteiger partial charge in [-0.05, 0) is 56.3 Å². The lowest BCUT2D eigenvalue weighted by atomic mass is 9.98. The summed E-state index contributed by atoms with van der Waals surface area (Å²) >= 11 is 3.07. The summed E-state index contributed by atoms with van der Waals surface area (Å²) in [5.74, 6) is 3.10. The van der Waals surface area contributed by atoms with Crippen molar-refractivity contribution >= 4 is 28.4 Å². The van der Waals surface area contributed by atoms with Gasteiger partial charge in [0.25, 0.3) is 0 Å². The van der Waals surface area contributed by atoms with E-state index in [1.165, 1.54) is 11.5 Å². The van der Waals surface area contributed by atoms with E-state index in [-0.39, 0.29) is 0 Å². The number of anilines is 1. The van der Waals surface area contributed by atoms with Gasteiger partial charge in [-0.25, -0.2) is 9.97 Å². The Hall–Kier alpha value is -2.68. The number of hydrogen-bond donors (Lipinski definition) is 1. The van der Waals surface area contributed by atoms with Gasteiger partial charge in [0.05, 0.1) is 6.54 Å². The molecule has 4 heterocycles. The van der Waals surface area contributed by atoms with Gasteiger partial charge in [-0.1, -0.05) is 36.0 Å². The molecule has 0 aliphatic carbocycles. The van der Waals surface area contributed by atoms with Crippen LogP contribution in [0.3, 0.4) is 0 Å². The summed E-state index contributed by atoms with van der Waals surface area (Å²) in [5, 5.41) is 5.25. The van der Waals surface area contributed by atoms with E-state index in [4.69, 9.17) is 9.72 Å². The van der Waals surface area contributed by atoms with Crippen LogP contribution >= 0.6 is 23.3 Å². The second kappa shape index (κ2) is 9.64. The zero-order valence-electron chi connectivity index (χ0n) is 17.0. The number of nitrogens with one attached hydrogen (secondary N) is 1. The Morgan fingerprint density at radius 2 is 1.90 bits per heavy atom. The van der Waals surface area contributed by atoms with Crippen LogP contribution < -0.4 is 15.0 Å². The quantitative estimate of drug-likeness (QED) is 0.579. The monoisotopic (exact) mass is 449 g/mol. The average Bonchev–Trinajstić information content (AvgIpc) is 3.31. The second-order valence-electron chi connectivity index (χ2n) is 7.41. The molecule has 1 aromatic carbocycles. The standard InChI is InChI=1S/C23H23N5OS2/c1-2-6-18(7-3-1)29-19-14-20(30-21-8-4-5-11-25-21)16-28(15-19)23-26-22(27-31-23)17-9-12-24-13-10-17/h1-8,11,14,16-17,24H,9-10,12-13,15H2. The zero-order valence-corrected chi connectivity index (χ0v) is 18.6. The van der Waals surface area contributed by atoms with E-state index in [0.717, 1.165) is 58.3 Å². The fourth-order valence-corrected chi connectivity index (χ4v) is 5.20. The van der Waals surface area contributed by atoms with Gasteiger partial charge in [-0.2, -0.15) is 4.37 Å². The van der Waals surface area contributed by atoms with Crippen molar-refractivity contribution in [1.29, 1.82) is 0 Å². The summed E-state index contributed by atoms with van der Waals surface area (Å²) in [7, 11) is 0. The van der Waals surface area contributed by atoms with Crippen LogP contribution in [0, 0.1) is 0 Å². The van der Waals surface area contributed by atoms with E-state index in [2.05, 4.69) is 31.9 Å². The van der Waals surface area contributed by atoms with E-state index < -0.39 is 0 Å². The van der Waals surface area contributed by atoms with Gasteiger partial charge in [-0.15, -0.1) is 0 Å². The summed E-state index contributed by atoms with van der Waals surface area (Å²) < 4.78 is 10.9. The number of aromatic nitrogens is 3. The first-order valence-electron chi connectivity index (χ1n) is 10.4. The molecule has 0 saturated carbocycles. The van der Waals surface area contributed by atoms with Crippen molar-refractivity contribution in [3.63, 3.8) is 0 Å². The van der Waals surface area contributed by atoms with Crippen LogP contribution in [-0.4, -0.2) is 34.0 Å². The van der Waals surface area contributed by atoms with Crippen LogP contribution in [0.2, 0.25) is 0 Å². The number of piperidine rings is 1. The summed E-state index contributed by atoms with van der Waals surface area (Å²) in [6.45, 7) is 2.68. The Bertz CT molecular complexity index is 1060. The maximum absolute atomic E-state index is 6.19. The maximum Gasteiger partial charge on any atom is 0.209 e. The Morgan fingerprint density at radius 1 is 1.06 bits per heavy atom. The molecule has 1 saturated heterocycles. The topological polar surface area (TPSA) is 63.2 Å². The van der Waals surface area contributed by atoms with E-state index in [1.54, 1.807) is 11.8 Å². The third-order valence-corrected chi connectivity index (χ3v) is 6.82. The first kappa shape index (κ1) is 20.2. The third kappa shape index (κ3) is 5.15. The second-order valence-corrected chi connectivity index (χ2v) is 9.24. The largest absolute Gasteiger partial charge is 0.460 e. The van der Waals surface area contributed by atoms with Crippen molar-refractivity contribution in [3.8, 4) is 5.75 Å². The lowest BCUT2D eigenvalue weighted by Crippen LogP contribution is -2.27. The smallest absolute Gasteiger partial charge is 0.209 e. The number of nitrogens with zero attached hydrogens (tertiary/aromatic N) is 4. The number of para-hydroxylation sites is 1. The third-order valence-electron chi connectivity index (χ3n) is 5.15. The van der Waals surface area contributed by atoms with Gasteiger partial charge in [0.2, 0.25) is 5.13 Å². The molecule has 31 heavy (non-hydrogen) atoms. The van der Waals surface area contributed by atoms with Gasteiger partial charge < -0.3 is 15.0 Å². The van der Waals surface area contributed by atoms with Crippen LogP contribution in [-0.2, 0) is 0 Å². The molecule has 2 aliphatic heterocycles. The van der Waals surface area contributed by atoms with Crippen LogP contribution in [0.25, 0.3) is 0 Å². The highest BCUT2D eigenvalue weighted by atomic mass is 32.2. The van der Waals surface area contributed by atoms with Crippen LogP contribution in [0.1, 0.15) is 24.6 Å². The number of pyridine rings is 1. The predicted molar refractivity (Wildman–Crippen MR) is 125 cm³/mol. The number of rotatable bonds is 6. The fourth-order valence-electron chi connectivity index (χ4n) is 3.61. The number of ether oxygens (including phenoxy) is 1.